The Hall–Kier alpha value is -2.55. The van der Waals surface area contributed by atoms with Crippen molar-refractivity contribution in [2.24, 2.45) is 4.99 Å². The topological polar surface area (TPSA) is 25.2 Å². The van der Waals surface area contributed by atoms with Crippen LogP contribution in [0.2, 0.25) is 0 Å². The van der Waals surface area contributed by atoms with Crippen molar-refractivity contribution in [3.05, 3.63) is 72.2 Å². The summed E-state index contributed by atoms with van der Waals surface area (Å²) in [5.74, 6) is -0.250. The van der Waals surface area contributed by atoms with Crippen LogP contribution < -0.4 is 0 Å². The van der Waals surface area contributed by atoms with E-state index < -0.39 is 0 Å². The molecule has 0 bridgehead atoms. The molecule has 0 unspecified atom stereocenters. The molecule has 0 spiro atoms. The molecule has 0 atom stereocenters. The smallest absolute Gasteiger partial charge is 0.123 e. The minimum absolute atomic E-state index is 0.250. The van der Waals surface area contributed by atoms with Gasteiger partial charge in [-0.2, -0.15) is 0 Å². The van der Waals surface area contributed by atoms with Crippen LogP contribution >= 0.6 is 0 Å². The molecule has 0 aliphatic heterocycles. The van der Waals surface area contributed by atoms with Gasteiger partial charge in [0.1, 0.15) is 5.82 Å². The highest BCUT2D eigenvalue weighted by Crippen LogP contribution is 2.14. The maximum absolute atomic E-state index is 13.1. The van der Waals surface area contributed by atoms with Gasteiger partial charge in [0.25, 0.3) is 0 Å². The van der Waals surface area contributed by atoms with Gasteiger partial charge in [-0.15, -0.1) is 0 Å². The molecule has 2 nitrogen and oxygen atoms in total. The number of para-hydroxylation sites is 1. The minimum atomic E-state index is -0.250. The molecule has 1 aromatic heterocycles. The van der Waals surface area contributed by atoms with Crippen molar-refractivity contribution >= 4 is 22.8 Å². The minimum Gasteiger partial charge on any atom is -0.255 e. The highest BCUT2D eigenvalue weighted by Gasteiger charge is 1.98. The third kappa shape index (κ3) is 2.65. The normalized spacial score (nSPS) is 11.2. The first-order valence-corrected chi connectivity index (χ1v) is 5.97. The fraction of sp³-hybridized carbons (Fsp3) is 0. The van der Waals surface area contributed by atoms with E-state index in [1.54, 1.807) is 12.3 Å². The number of rotatable bonds is 2. The maximum atomic E-state index is 13.1. The number of aliphatic imine (C=N–C) groups is 1. The number of nitrogens with zero attached hydrogens (tertiary/aromatic N) is 2. The van der Waals surface area contributed by atoms with E-state index in [4.69, 9.17) is 0 Å². The molecular weight excluding hydrogens is 239 g/mol. The van der Waals surface area contributed by atoms with Crippen molar-refractivity contribution in [2.45, 2.75) is 0 Å². The largest absolute Gasteiger partial charge is 0.255 e. The van der Waals surface area contributed by atoms with E-state index in [-0.39, 0.29) is 5.82 Å². The fourth-order valence-corrected chi connectivity index (χ4v) is 1.84. The van der Waals surface area contributed by atoms with Gasteiger partial charge in [-0.3, -0.25) is 4.99 Å². The lowest BCUT2D eigenvalue weighted by Gasteiger charge is -1.99. The highest BCUT2D eigenvalue weighted by molar-refractivity contribution is 5.86. The Bertz CT molecular complexity index is 736. The van der Waals surface area contributed by atoms with E-state index in [1.165, 1.54) is 12.1 Å². The molecule has 1 heterocycles. The summed E-state index contributed by atoms with van der Waals surface area (Å²) in [6.07, 6.45) is 1.71. The molecule has 0 saturated carbocycles. The third-order valence-electron chi connectivity index (χ3n) is 2.77. The number of hydrogen-bond acceptors (Lipinski definition) is 2. The Morgan fingerprint density at radius 1 is 0.947 bits per heavy atom. The first kappa shape index (κ1) is 11.5. The lowest BCUT2D eigenvalue weighted by molar-refractivity contribution is 0.629. The lowest BCUT2D eigenvalue weighted by atomic mass is 10.2. The van der Waals surface area contributed by atoms with Gasteiger partial charge in [0.15, 0.2) is 0 Å². The Balaban J connectivity index is 1.94. The summed E-state index contributed by atoms with van der Waals surface area (Å²) in [7, 11) is 0. The molecule has 0 radical (unpaired) electrons. The predicted molar refractivity (Wildman–Crippen MR) is 75.4 cm³/mol. The number of pyridine rings is 1. The van der Waals surface area contributed by atoms with Crippen LogP contribution in [0.1, 0.15) is 5.69 Å². The summed E-state index contributed by atoms with van der Waals surface area (Å²) in [6.45, 7) is 0. The Morgan fingerprint density at radius 2 is 1.79 bits per heavy atom. The quantitative estimate of drug-likeness (QED) is 0.628. The second-order valence-electron chi connectivity index (χ2n) is 4.17. The van der Waals surface area contributed by atoms with Crippen LogP contribution in [0.25, 0.3) is 10.9 Å². The van der Waals surface area contributed by atoms with Gasteiger partial charge in [-0.05, 0) is 36.4 Å². The molecule has 0 N–H and O–H groups in total. The maximum Gasteiger partial charge on any atom is 0.123 e. The molecule has 3 rings (SSSR count). The summed E-state index contributed by atoms with van der Waals surface area (Å²) < 4.78 is 13.1. The van der Waals surface area contributed by atoms with Crippen molar-refractivity contribution in [2.75, 3.05) is 0 Å². The Morgan fingerprint density at radius 3 is 2.63 bits per heavy atom. The van der Waals surface area contributed by atoms with E-state index in [0.717, 1.165) is 22.3 Å². The zero-order valence-corrected chi connectivity index (χ0v) is 10.1. The van der Waals surface area contributed by atoms with Crippen LogP contribution in [0.3, 0.4) is 0 Å². The molecule has 0 fully saturated rings. The average Bonchev–Trinajstić information content (AvgIpc) is 2.46. The first-order chi connectivity index (χ1) is 9.31. The molecule has 3 aromatic rings. The number of aromatic nitrogens is 1. The van der Waals surface area contributed by atoms with Crippen LogP contribution in [0, 0.1) is 5.82 Å². The summed E-state index contributed by atoms with van der Waals surface area (Å²) in [4.78, 5) is 8.75. The van der Waals surface area contributed by atoms with Gasteiger partial charge in [0, 0.05) is 5.39 Å². The monoisotopic (exact) mass is 250 g/mol. The standard InChI is InChI=1S/C16H11FN2/c17-13-7-9-16-12(10-13)6-8-15(19-16)11-18-14-4-2-1-3-5-14/h1-11H. The van der Waals surface area contributed by atoms with Crippen molar-refractivity contribution in [1.29, 1.82) is 0 Å². The van der Waals surface area contributed by atoms with E-state index in [2.05, 4.69) is 9.98 Å². The van der Waals surface area contributed by atoms with Gasteiger partial charge in [0.2, 0.25) is 0 Å². The number of halogens is 1. The number of fused-ring (bicyclic) bond motifs is 1. The number of benzene rings is 2. The molecule has 19 heavy (non-hydrogen) atoms. The molecule has 2 aromatic carbocycles. The van der Waals surface area contributed by atoms with Crippen molar-refractivity contribution in [1.82, 2.24) is 4.98 Å². The van der Waals surface area contributed by atoms with Gasteiger partial charge in [0.05, 0.1) is 23.1 Å². The van der Waals surface area contributed by atoms with Gasteiger partial charge in [-0.25, -0.2) is 9.37 Å². The number of hydrogen-bond donors (Lipinski definition) is 0. The lowest BCUT2D eigenvalue weighted by Crippen LogP contribution is -1.88. The zero-order chi connectivity index (χ0) is 13.1. The van der Waals surface area contributed by atoms with Crippen LogP contribution in [-0.2, 0) is 0 Å². The van der Waals surface area contributed by atoms with Gasteiger partial charge < -0.3 is 0 Å². The second-order valence-corrected chi connectivity index (χ2v) is 4.17. The van der Waals surface area contributed by atoms with Gasteiger partial charge >= 0.3 is 0 Å². The van der Waals surface area contributed by atoms with E-state index >= 15 is 0 Å². The molecule has 0 amide bonds. The van der Waals surface area contributed by atoms with Gasteiger partial charge in [-0.1, -0.05) is 24.3 Å². The summed E-state index contributed by atoms with van der Waals surface area (Å²) in [6, 6.07) is 17.9. The summed E-state index contributed by atoms with van der Waals surface area (Å²) >= 11 is 0. The average molecular weight is 250 g/mol. The van der Waals surface area contributed by atoms with Crippen molar-refractivity contribution in [3.8, 4) is 0 Å². The van der Waals surface area contributed by atoms with Crippen molar-refractivity contribution < 1.29 is 4.39 Å². The summed E-state index contributed by atoms with van der Waals surface area (Å²) in [5, 5.41) is 0.789. The van der Waals surface area contributed by atoms with Crippen LogP contribution in [0.5, 0.6) is 0 Å². The van der Waals surface area contributed by atoms with E-state index in [0.29, 0.717) is 0 Å². The van der Waals surface area contributed by atoms with Crippen LogP contribution in [0.15, 0.2) is 65.7 Å². The highest BCUT2D eigenvalue weighted by atomic mass is 19.1. The summed E-state index contributed by atoms with van der Waals surface area (Å²) in [5.41, 5.74) is 2.39. The second kappa shape index (κ2) is 4.98. The molecule has 0 aliphatic rings. The predicted octanol–water partition coefficient (Wildman–Crippen LogP) is 4.12. The molecule has 3 heteroatoms. The SMILES string of the molecule is Fc1ccc2nc(C=Nc3ccccc3)ccc2c1. The third-order valence-corrected chi connectivity index (χ3v) is 2.77. The van der Waals surface area contributed by atoms with Crippen molar-refractivity contribution in [3.63, 3.8) is 0 Å². The zero-order valence-electron chi connectivity index (χ0n) is 10.1. The Labute approximate surface area is 110 Å². The van der Waals surface area contributed by atoms with Crippen LogP contribution in [0.4, 0.5) is 10.1 Å². The first-order valence-electron chi connectivity index (χ1n) is 5.97. The van der Waals surface area contributed by atoms with Crippen LogP contribution in [-0.4, -0.2) is 11.2 Å². The Kier molecular flexibility index (Phi) is 3.02. The molecule has 92 valence electrons. The van der Waals surface area contributed by atoms with E-state index in [1.807, 2.05) is 42.5 Å². The molecule has 0 saturated heterocycles. The fourth-order valence-electron chi connectivity index (χ4n) is 1.84. The van der Waals surface area contributed by atoms with E-state index in [9.17, 15) is 4.39 Å². The molecule has 0 aliphatic carbocycles. The molecular formula is C16H11FN2.